The lowest BCUT2D eigenvalue weighted by Crippen LogP contribution is -2.40. The van der Waals surface area contributed by atoms with Gasteiger partial charge in [-0.2, -0.15) is 0 Å². The van der Waals surface area contributed by atoms with Crippen LogP contribution in [0.4, 0.5) is 5.69 Å². The average Bonchev–Trinajstić information content (AvgIpc) is 3.45. The maximum Gasteiger partial charge on any atom is 0.314 e. The molecule has 0 atom stereocenters. The molecule has 6 rings (SSSR count). The van der Waals surface area contributed by atoms with E-state index in [0.29, 0.717) is 28.0 Å². The Morgan fingerprint density at radius 3 is 2.19 bits per heavy atom. The predicted molar refractivity (Wildman–Crippen MR) is 140 cm³/mol. The molecule has 0 aromatic heterocycles. The fraction of sp³-hybridized carbons (Fsp3) is 0.167. The number of carbonyl (C=O) groups is 3. The van der Waals surface area contributed by atoms with Gasteiger partial charge in [0.2, 0.25) is 0 Å². The third-order valence-electron chi connectivity index (χ3n) is 6.84. The van der Waals surface area contributed by atoms with Crippen LogP contribution >= 0.6 is 11.8 Å². The van der Waals surface area contributed by atoms with Gasteiger partial charge in [0, 0.05) is 26.3 Å². The van der Waals surface area contributed by atoms with Crippen LogP contribution in [-0.2, 0) is 4.79 Å². The van der Waals surface area contributed by atoms with Gasteiger partial charge in [-0.05, 0) is 72.8 Å². The lowest BCUT2D eigenvalue weighted by molar-refractivity contribution is -0.138. The smallest absolute Gasteiger partial charge is 0.314 e. The first-order valence-electron chi connectivity index (χ1n) is 12.1. The van der Waals surface area contributed by atoms with Gasteiger partial charge in [-0.25, -0.2) is 4.90 Å². The highest BCUT2D eigenvalue weighted by molar-refractivity contribution is 7.99. The van der Waals surface area contributed by atoms with E-state index >= 15 is 0 Å². The zero-order chi connectivity index (χ0) is 24.6. The Morgan fingerprint density at radius 1 is 0.778 bits per heavy atom. The first-order chi connectivity index (χ1) is 17.6. The molecule has 5 nitrogen and oxygen atoms in total. The second kappa shape index (κ2) is 9.28. The molecule has 1 saturated carbocycles. The normalized spacial score (nSPS) is 15.5. The van der Waals surface area contributed by atoms with Gasteiger partial charge in [-0.1, -0.05) is 54.9 Å². The first kappa shape index (κ1) is 22.6. The molecule has 1 aliphatic heterocycles. The van der Waals surface area contributed by atoms with E-state index in [0.717, 1.165) is 40.9 Å². The Labute approximate surface area is 213 Å². The number of esters is 1. The van der Waals surface area contributed by atoms with E-state index in [1.54, 1.807) is 48.2 Å². The van der Waals surface area contributed by atoms with Gasteiger partial charge in [0.25, 0.3) is 11.8 Å². The third-order valence-corrected chi connectivity index (χ3v) is 7.92. The van der Waals surface area contributed by atoms with E-state index in [-0.39, 0.29) is 23.7 Å². The van der Waals surface area contributed by atoms with Crippen LogP contribution in [0.3, 0.4) is 0 Å². The number of rotatable bonds is 5. The van der Waals surface area contributed by atoms with Gasteiger partial charge in [0.1, 0.15) is 5.75 Å². The van der Waals surface area contributed by atoms with Gasteiger partial charge >= 0.3 is 5.97 Å². The van der Waals surface area contributed by atoms with Gasteiger partial charge in [-0.3, -0.25) is 14.4 Å². The highest BCUT2D eigenvalue weighted by Crippen LogP contribution is 2.40. The number of benzene rings is 4. The highest BCUT2D eigenvalue weighted by atomic mass is 32.2. The molecule has 36 heavy (non-hydrogen) atoms. The molecule has 1 fully saturated rings. The number of carbonyl (C=O) groups excluding carboxylic acids is 3. The van der Waals surface area contributed by atoms with Crippen LogP contribution in [0.5, 0.6) is 5.75 Å². The van der Waals surface area contributed by atoms with Crippen LogP contribution in [0.1, 0.15) is 46.4 Å². The van der Waals surface area contributed by atoms with Gasteiger partial charge < -0.3 is 4.74 Å². The van der Waals surface area contributed by atoms with Crippen molar-refractivity contribution in [3.8, 4) is 5.75 Å². The van der Waals surface area contributed by atoms with E-state index in [2.05, 4.69) is 0 Å². The van der Waals surface area contributed by atoms with Crippen LogP contribution in [0.2, 0.25) is 0 Å². The maximum atomic E-state index is 13.5. The van der Waals surface area contributed by atoms with Crippen LogP contribution in [0.15, 0.2) is 94.7 Å². The molecule has 6 heteroatoms. The van der Waals surface area contributed by atoms with Crippen molar-refractivity contribution < 1.29 is 19.1 Å². The Hall–Kier alpha value is -3.90. The summed E-state index contributed by atoms with van der Waals surface area (Å²) < 4.78 is 5.53. The van der Waals surface area contributed by atoms with Crippen LogP contribution in [0.25, 0.3) is 10.8 Å². The van der Waals surface area contributed by atoms with E-state index in [9.17, 15) is 14.4 Å². The van der Waals surface area contributed by atoms with Crippen molar-refractivity contribution in [3.05, 3.63) is 96.1 Å². The summed E-state index contributed by atoms with van der Waals surface area (Å²) in [6.45, 7) is 0. The molecule has 2 aliphatic rings. The Morgan fingerprint density at radius 2 is 1.47 bits per heavy atom. The molecular formula is C30H23NO4S. The van der Waals surface area contributed by atoms with Crippen molar-refractivity contribution in [2.45, 2.75) is 35.5 Å². The minimum absolute atomic E-state index is 0.0446. The Kier molecular flexibility index (Phi) is 5.82. The number of imide groups is 1. The summed E-state index contributed by atoms with van der Waals surface area (Å²) in [6, 6.07) is 25.9. The van der Waals surface area contributed by atoms with E-state index in [1.165, 1.54) is 4.90 Å². The maximum absolute atomic E-state index is 13.5. The molecule has 0 N–H and O–H groups in total. The minimum atomic E-state index is -0.365. The van der Waals surface area contributed by atoms with Crippen molar-refractivity contribution in [3.63, 3.8) is 0 Å². The third kappa shape index (κ3) is 3.97. The molecule has 0 bridgehead atoms. The number of hydrogen-bond donors (Lipinski definition) is 0. The summed E-state index contributed by atoms with van der Waals surface area (Å²) in [5, 5.41) is 1.57. The monoisotopic (exact) mass is 493 g/mol. The molecule has 0 unspecified atom stereocenters. The highest BCUT2D eigenvalue weighted by Gasteiger charge is 2.34. The quantitative estimate of drug-likeness (QED) is 0.172. The number of amides is 2. The van der Waals surface area contributed by atoms with E-state index < -0.39 is 0 Å². The molecule has 0 radical (unpaired) electrons. The van der Waals surface area contributed by atoms with Gasteiger partial charge in [0.15, 0.2) is 0 Å². The largest absolute Gasteiger partial charge is 0.426 e. The number of anilines is 1. The lowest BCUT2D eigenvalue weighted by atomic mass is 9.93. The van der Waals surface area contributed by atoms with Crippen LogP contribution < -0.4 is 9.64 Å². The molecule has 1 heterocycles. The van der Waals surface area contributed by atoms with Gasteiger partial charge in [0.05, 0.1) is 11.6 Å². The number of nitrogens with zero attached hydrogens (tertiary/aromatic N) is 1. The average molecular weight is 494 g/mol. The Bertz CT molecular complexity index is 1470. The second-order valence-electron chi connectivity index (χ2n) is 9.10. The molecular weight excluding hydrogens is 470 g/mol. The molecule has 178 valence electrons. The fourth-order valence-corrected chi connectivity index (χ4v) is 6.00. The standard InChI is InChI=1S/C30H23NO4S/c32-28-24-12-6-11-23-26(36-22-9-2-1-3-10-22)18-17-25(27(23)24)29(33)31(28)20-13-15-21(16-14-20)35-30(34)19-7-4-5-8-19/h1-3,6,9-19H,4-5,7-8H2. The first-order valence-corrected chi connectivity index (χ1v) is 12.9. The van der Waals surface area contributed by atoms with Crippen LogP contribution in [0, 0.1) is 5.92 Å². The van der Waals surface area contributed by atoms with Crippen LogP contribution in [-0.4, -0.2) is 17.8 Å². The van der Waals surface area contributed by atoms with Gasteiger partial charge in [-0.15, -0.1) is 0 Å². The van der Waals surface area contributed by atoms with Crippen molar-refractivity contribution in [2.24, 2.45) is 5.92 Å². The molecule has 4 aromatic rings. The second-order valence-corrected chi connectivity index (χ2v) is 10.2. The molecule has 1 aliphatic carbocycles. The Balaban J connectivity index is 1.31. The summed E-state index contributed by atoms with van der Waals surface area (Å²) in [5.74, 6) is -0.573. The summed E-state index contributed by atoms with van der Waals surface area (Å²) >= 11 is 1.61. The molecule has 4 aromatic carbocycles. The van der Waals surface area contributed by atoms with Crippen molar-refractivity contribution in [1.29, 1.82) is 0 Å². The summed E-state index contributed by atoms with van der Waals surface area (Å²) in [4.78, 5) is 42.7. The zero-order valence-corrected chi connectivity index (χ0v) is 20.3. The minimum Gasteiger partial charge on any atom is -0.426 e. The summed E-state index contributed by atoms with van der Waals surface area (Å²) in [5.41, 5.74) is 1.43. The zero-order valence-electron chi connectivity index (χ0n) is 19.5. The van der Waals surface area contributed by atoms with Crippen molar-refractivity contribution in [2.75, 3.05) is 4.90 Å². The molecule has 2 amide bonds. The SMILES string of the molecule is O=C(Oc1ccc(N2C(=O)c3cccc4c(Sc5ccccc5)ccc(c34)C2=O)cc1)C1CCCC1. The number of hydrogen-bond acceptors (Lipinski definition) is 5. The molecule has 0 saturated heterocycles. The topological polar surface area (TPSA) is 63.7 Å². The fourth-order valence-electron chi connectivity index (χ4n) is 5.03. The summed E-state index contributed by atoms with van der Waals surface area (Å²) in [6.07, 6.45) is 3.84. The van der Waals surface area contributed by atoms with Crippen molar-refractivity contribution >= 4 is 46.0 Å². The molecule has 0 spiro atoms. The van der Waals surface area contributed by atoms with E-state index in [4.69, 9.17) is 4.74 Å². The lowest BCUT2D eigenvalue weighted by Gasteiger charge is -2.28. The van der Waals surface area contributed by atoms with E-state index in [1.807, 2.05) is 48.5 Å². The summed E-state index contributed by atoms with van der Waals surface area (Å²) in [7, 11) is 0. The number of ether oxygens (including phenoxy) is 1. The predicted octanol–water partition coefficient (Wildman–Crippen LogP) is 6.89. The van der Waals surface area contributed by atoms with Crippen molar-refractivity contribution in [1.82, 2.24) is 0 Å².